The highest BCUT2D eigenvalue weighted by molar-refractivity contribution is 7.54. The van der Waals surface area contributed by atoms with E-state index >= 15 is 0 Å². The Hall–Kier alpha value is -1.81. The summed E-state index contributed by atoms with van der Waals surface area (Å²) in [5.41, 5.74) is 11.3. The highest BCUT2D eigenvalue weighted by Crippen LogP contribution is 2.31. The predicted molar refractivity (Wildman–Crippen MR) is 73.8 cm³/mol. The van der Waals surface area contributed by atoms with Gasteiger partial charge in [-0.05, 0) is 29.8 Å². The molecule has 0 aromatic heterocycles. The van der Waals surface area contributed by atoms with Crippen molar-refractivity contribution in [3.05, 3.63) is 60.2 Å². The topological polar surface area (TPSA) is 87.6 Å². The molecular weight excluding hydrogens is 263 g/mol. The Labute approximate surface area is 111 Å². The van der Waals surface area contributed by atoms with Gasteiger partial charge in [0.05, 0.1) is 0 Å². The highest BCUT2D eigenvalue weighted by Gasteiger charge is 2.10. The molecule has 0 aliphatic rings. The molecule has 0 spiro atoms. The van der Waals surface area contributed by atoms with Crippen molar-refractivity contribution in [2.45, 2.75) is 6.61 Å². The molecule has 0 saturated carbocycles. The number of nitrogens with two attached hydrogens (primary N) is 2. The molecule has 0 radical (unpaired) electrons. The van der Waals surface area contributed by atoms with Gasteiger partial charge in [-0.2, -0.15) is 0 Å². The molecule has 6 heteroatoms. The van der Waals surface area contributed by atoms with Crippen molar-refractivity contribution in [3.63, 3.8) is 0 Å². The molecule has 0 unspecified atom stereocenters. The first-order valence-corrected chi connectivity index (χ1v) is 7.43. The van der Waals surface area contributed by atoms with Crippen LogP contribution in [0.2, 0.25) is 0 Å². The van der Waals surface area contributed by atoms with E-state index in [9.17, 15) is 4.57 Å². The van der Waals surface area contributed by atoms with E-state index in [0.29, 0.717) is 18.1 Å². The van der Waals surface area contributed by atoms with E-state index in [4.69, 9.17) is 20.3 Å². The van der Waals surface area contributed by atoms with E-state index < -0.39 is 7.67 Å². The SMILES string of the molecule is NP(N)(=O)Oc1ccc(OCc2ccccc2)cc1. The smallest absolute Gasteiger partial charge is 0.385 e. The Morgan fingerprint density at radius 2 is 1.47 bits per heavy atom. The number of ether oxygens (including phenoxy) is 1. The molecule has 0 saturated heterocycles. The second kappa shape index (κ2) is 5.89. The summed E-state index contributed by atoms with van der Waals surface area (Å²) in [6.07, 6.45) is 0. The summed E-state index contributed by atoms with van der Waals surface area (Å²) >= 11 is 0. The lowest BCUT2D eigenvalue weighted by Gasteiger charge is -2.10. The van der Waals surface area contributed by atoms with E-state index in [2.05, 4.69) is 0 Å². The van der Waals surface area contributed by atoms with Gasteiger partial charge in [-0.1, -0.05) is 30.3 Å². The predicted octanol–water partition coefficient (Wildman–Crippen LogP) is 2.67. The summed E-state index contributed by atoms with van der Waals surface area (Å²) in [5.74, 6) is 1.03. The fourth-order valence-electron chi connectivity index (χ4n) is 1.50. The molecule has 2 rings (SSSR count). The third-order valence-corrected chi connectivity index (χ3v) is 2.82. The molecule has 0 bridgehead atoms. The standard InChI is InChI=1S/C13H15N2O3P/c14-19(15,16)18-13-8-6-12(7-9-13)17-10-11-4-2-1-3-5-11/h1-9H,10H2,(H4,14,15,16). The van der Waals surface area contributed by atoms with E-state index in [1.54, 1.807) is 24.3 Å². The van der Waals surface area contributed by atoms with Crippen molar-refractivity contribution in [1.29, 1.82) is 0 Å². The molecular formula is C13H15N2O3P. The van der Waals surface area contributed by atoms with Crippen LogP contribution < -0.4 is 20.3 Å². The summed E-state index contributed by atoms with van der Waals surface area (Å²) in [6.45, 7) is 0.479. The van der Waals surface area contributed by atoms with Gasteiger partial charge < -0.3 is 9.26 Å². The monoisotopic (exact) mass is 278 g/mol. The van der Waals surface area contributed by atoms with Crippen LogP contribution in [0.25, 0.3) is 0 Å². The minimum atomic E-state index is -3.51. The van der Waals surface area contributed by atoms with Gasteiger partial charge in [0.1, 0.15) is 18.1 Å². The molecule has 2 aromatic carbocycles. The summed E-state index contributed by atoms with van der Waals surface area (Å²) < 4.78 is 21.5. The van der Waals surface area contributed by atoms with Crippen LogP contribution in [0.5, 0.6) is 11.5 Å². The molecule has 0 amide bonds. The van der Waals surface area contributed by atoms with Gasteiger partial charge in [-0.25, -0.2) is 15.6 Å². The summed E-state index contributed by atoms with van der Waals surface area (Å²) in [4.78, 5) is 0. The maximum Gasteiger partial charge on any atom is 0.385 e. The normalized spacial score (nSPS) is 11.1. The van der Waals surface area contributed by atoms with Gasteiger partial charge in [0, 0.05) is 0 Å². The zero-order valence-electron chi connectivity index (χ0n) is 10.2. The van der Waals surface area contributed by atoms with Crippen LogP contribution in [-0.2, 0) is 11.2 Å². The van der Waals surface area contributed by atoms with Crippen molar-refractivity contribution in [2.75, 3.05) is 0 Å². The molecule has 4 N–H and O–H groups in total. The van der Waals surface area contributed by atoms with Gasteiger partial charge in [-0.3, -0.25) is 0 Å². The van der Waals surface area contributed by atoms with E-state index in [0.717, 1.165) is 5.56 Å². The quantitative estimate of drug-likeness (QED) is 0.821. The molecule has 19 heavy (non-hydrogen) atoms. The minimum absolute atomic E-state index is 0.348. The Balaban J connectivity index is 1.94. The van der Waals surface area contributed by atoms with Crippen molar-refractivity contribution < 1.29 is 13.8 Å². The second-order valence-corrected chi connectivity index (χ2v) is 5.46. The summed E-state index contributed by atoms with van der Waals surface area (Å²) in [5, 5.41) is 0. The molecule has 0 atom stereocenters. The van der Waals surface area contributed by atoms with Gasteiger partial charge in [0.2, 0.25) is 0 Å². The third-order valence-electron chi connectivity index (χ3n) is 2.32. The fraction of sp³-hybridized carbons (Fsp3) is 0.0769. The van der Waals surface area contributed by atoms with Crippen molar-refractivity contribution in [2.24, 2.45) is 11.0 Å². The Morgan fingerprint density at radius 3 is 2.05 bits per heavy atom. The molecule has 2 aromatic rings. The third kappa shape index (κ3) is 4.75. The van der Waals surface area contributed by atoms with Crippen molar-refractivity contribution in [3.8, 4) is 11.5 Å². The lowest BCUT2D eigenvalue weighted by molar-refractivity contribution is 0.306. The van der Waals surface area contributed by atoms with Crippen LogP contribution in [-0.4, -0.2) is 0 Å². The first-order valence-electron chi connectivity index (χ1n) is 5.66. The number of hydrogen-bond donors (Lipinski definition) is 2. The Morgan fingerprint density at radius 1 is 0.895 bits per heavy atom. The molecule has 0 aliphatic heterocycles. The van der Waals surface area contributed by atoms with Gasteiger partial charge >= 0.3 is 7.67 Å². The van der Waals surface area contributed by atoms with Crippen LogP contribution in [0.1, 0.15) is 5.56 Å². The fourth-order valence-corrected chi connectivity index (χ4v) is 1.95. The molecule has 0 aliphatic carbocycles. The summed E-state index contributed by atoms with van der Waals surface area (Å²) in [6, 6.07) is 16.4. The second-order valence-electron chi connectivity index (χ2n) is 3.98. The minimum Gasteiger partial charge on any atom is -0.489 e. The molecule has 0 fully saturated rings. The maximum absolute atomic E-state index is 11.1. The first-order chi connectivity index (χ1) is 9.03. The lowest BCUT2D eigenvalue weighted by atomic mass is 10.2. The van der Waals surface area contributed by atoms with Crippen LogP contribution in [0.3, 0.4) is 0 Å². The molecule has 5 nitrogen and oxygen atoms in total. The first kappa shape index (κ1) is 13.6. The Bertz CT molecular complexity index is 566. The van der Waals surface area contributed by atoms with E-state index in [1.165, 1.54) is 0 Å². The van der Waals surface area contributed by atoms with E-state index in [1.807, 2.05) is 30.3 Å². The molecule has 100 valence electrons. The highest BCUT2D eigenvalue weighted by atomic mass is 31.2. The average molecular weight is 278 g/mol. The van der Waals surface area contributed by atoms with Gasteiger partial charge in [0.25, 0.3) is 0 Å². The summed E-state index contributed by atoms with van der Waals surface area (Å²) in [7, 11) is -3.51. The van der Waals surface area contributed by atoms with Gasteiger partial charge in [-0.15, -0.1) is 0 Å². The largest absolute Gasteiger partial charge is 0.489 e. The average Bonchev–Trinajstić information content (AvgIpc) is 2.37. The van der Waals surface area contributed by atoms with Crippen LogP contribution in [0.4, 0.5) is 0 Å². The van der Waals surface area contributed by atoms with Crippen LogP contribution in [0.15, 0.2) is 54.6 Å². The maximum atomic E-state index is 11.1. The van der Waals surface area contributed by atoms with E-state index in [-0.39, 0.29) is 0 Å². The number of rotatable bonds is 5. The number of benzene rings is 2. The number of hydrogen-bond acceptors (Lipinski definition) is 3. The van der Waals surface area contributed by atoms with Crippen LogP contribution in [0, 0.1) is 0 Å². The van der Waals surface area contributed by atoms with Crippen LogP contribution >= 0.6 is 7.67 Å². The van der Waals surface area contributed by atoms with Crippen molar-refractivity contribution >= 4 is 7.67 Å². The molecule has 0 heterocycles. The Kier molecular flexibility index (Phi) is 4.22. The lowest BCUT2D eigenvalue weighted by Crippen LogP contribution is -2.10. The van der Waals surface area contributed by atoms with Gasteiger partial charge in [0.15, 0.2) is 0 Å². The zero-order chi connectivity index (χ0) is 13.7. The van der Waals surface area contributed by atoms with Crippen molar-refractivity contribution in [1.82, 2.24) is 0 Å². The zero-order valence-corrected chi connectivity index (χ0v) is 11.1.